The minimum atomic E-state index is -0.647. The molecule has 1 aromatic rings. The van der Waals surface area contributed by atoms with E-state index < -0.39 is 11.9 Å². The Labute approximate surface area is 110 Å². The summed E-state index contributed by atoms with van der Waals surface area (Å²) < 4.78 is 5.06. The van der Waals surface area contributed by atoms with Crippen molar-refractivity contribution < 1.29 is 14.3 Å². The van der Waals surface area contributed by atoms with Crippen molar-refractivity contribution in [1.82, 2.24) is 15.2 Å². The topological polar surface area (TPSA) is 97.6 Å². The Bertz CT molecular complexity index is 492. The van der Waals surface area contributed by atoms with Crippen molar-refractivity contribution in [2.75, 3.05) is 26.7 Å². The SMILES string of the molecule is COc1ncccc1C(=O)N1CCNCC1C(N)=O. The second kappa shape index (κ2) is 5.66. The summed E-state index contributed by atoms with van der Waals surface area (Å²) in [5.74, 6) is -0.576. The molecule has 2 amide bonds. The quantitative estimate of drug-likeness (QED) is 0.729. The molecule has 1 unspecified atom stereocenters. The number of nitrogens with one attached hydrogen (secondary N) is 1. The first kappa shape index (κ1) is 13.3. The van der Waals surface area contributed by atoms with Crippen LogP contribution in [0.15, 0.2) is 18.3 Å². The molecule has 0 saturated carbocycles. The summed E-state index contributed by atoms with van der Waals surface area (Å²) in [4.78, 5) is 29.3. The monoisotopic (exact) mass is 264 g/mol. The summed E-state index contributed by atoms with van der Waals surface area (Å²) in [6.07, 6.45) is 1.54. The van der Waals surface area contributed by atoms with Crippen LogP contribution < -0.4 is 15.8 Å². The van der Waals surface area contributed by atoms with Crippen LogP contribution in [0.5, 0.6) is 5.88 Å². The van der Waals surface area contributed by atoms with Gasteiger partial charge in [0.05, 0.1) is 7.11 Å². The van der Waals surface area contributed by atoms with Gasteiger partial charge < -0.3 is 20.7 Å². The smallest absolute Gasteiger partial charge is 0.260 e. The van der Waals surface area contributed by atoms with Gasteiger partial charge in [0.1, 0.15) is 11.6 Å². The summed E-state index contributed by atoms with van der Waals surface area (Å²) in [6, 6.07) is 2.62. The van der Waals surface area contributed by atoms with Gasteiger partial charge in [-0.3, -0.25) is 9.59 Å². The lowest BCUT2D eigenvalue weighted by atomic mass is 10.1. The molecule has 1 aromatic heterocycles. The Hall–Kier alpha value is -2.15. The summed E-state index contributed by atoms with van der Waals surface area (Å²) >= 11 is 0. The maximum absolute atomic E-state index is 12.5. The largest absolute Gasteiger partial charge is 0.480 e. The van der Waals surface area contributed by atoms with Gasteiger partial charge in [-0.2, -0.15) is 0 Å². The van der Waals surface area contributed by atoms with E-state index in [1.54, 1.807) is 18.3 Å². The van der Waals surface area contributed by atoms with Crippen LogP contribution in [0.3, 0.4) is 0 Å². The van der Waals surface area contributed by atoms with E-state index in [0.29, 0.717) is 25.2 Å². The van der Waals surface area contributed by atoms with Crippen LogP contribution in [0.2, 0.25) is 0 Å². The molecule has 0 bridgehead atoms. The first-order chi connectivity index (χ1) is 9.15. The minimum absolute atomic E-state index is 0.245. The molecule has 2 heterocycles. The number of hydrogen-bond acceptors (Lipinski definition) is 5. The van der Waals surface area contributed by atoms with Crippen molar-refractivity contribution >= 4 is 11.8 Å². The lowest BCUT2D eigenvalue weighted by molar-refractivity contribution is -0.122. The van der Waals surface area contributed by atoms with E-state index in [1.165, 1.54) is 12.0 Å². The van der Waals surface area contributed by atoms with Crippen molar-refractivity contribution in [3.8, 4) is 5.88 Å². The van der Waals surface area contributed by atoms with Crippen LogP contribution in [-0.4, -0.2) is 54.5 Å². The van der Waals surface area contributed by atoms with Gasteiger partial charge in [-0.1, -0.05) is 0 Å². The van der Waals surface area contributed by atoms with Crippen molar-refractivity contribution in [3.63, 3.8) is 0 Å². The average Bonchev–Trinajstić information content (AvgIpc) is 2.46. The Balaban J connectivity index is 2.29. The van der Waals surface area contributed by atoms with Gasteiger partial charge in [0, 0.05) is 25.8 Å². The minimum Gasteiger partial charge on any atom is -0.480 e. The molecule has 1 fully saturated rings. The third kappa shape index (κ3) is 2.65. The molecule has 1 atom stereocenters. The zero-order chi connectivity index (χ0) is 13.8. The number of pyridine rings is 1. The van der Waals surface area contributed by atoms with Crippen LogP contribution >= 0.6 is 0 Å². The molecule has 3 N–H and O–H groups in total. The fourth-order valence-electron chi connectivity index (χ4n) is 2.07. The van der Waals surface area contributed by atoms with Crippen molar-refractivity contribution in [2.24, 2.45) is 5.73 Å². The highest BCUT2D eigenvalue weighted by molar-refractivity contribution is 5.99. The number of amides is 2. The first-order valence-electron chi connectivity index (χ1n) is 5.95. The zero-order valence-electron chi connectivity index (χ0n) is 10.6. The molecular weight excluding hydrogens is 248 g/mol. The maximum atomic E-state index is 12.5. The van der Waals surface area contributed by atoms with Crippen LogP contribution in [0.4, 0.5) is 0 Å². The Morgan fingerprint density at radius 3 is 3.05 bits per heavy atom. The number of primary amides is 1. The van der Waals surface area contributed by atoms with E-state index in [1.807, 2.05) is 0 Å². The van der Waals surface area contributed by atoms with Gasteiger partial charge in [0.15, 0.2) is 0 Å². The Kier molecular flexibility index (Phi) is 3.96. The number of carbonyl (C=O) groups is 2. The molecule has 1 aliphatic rings. The molecular formula is C12H16N4O3. The Morgan fingerprint density at radius 2 is 2.37 bits per heavy atom. The molecule has 19 heavy (non-hydrogen) atoms. The molecule has 2 rings (SSSR count). The highest BCUT2D eigenvalue weighted by atomic mass is 16.5. The van der Waals surface area contributed by atoms with E-state index >= 15 is 0 Å². The van der Waals surface area contributed by atoms with Crippen molar-refractivity contribution in [1.29, 1.82) is 0 Å². The van der Waals surface area contributed by atoms with Gasteiger partial charge >= 0.3 is 0 Å². The second-order valence-electron chi connectivity index (χ2n) is 4.18. The molecule has 0 spiro atoms. The molecule has 1 aliphatic heterocycles. The van der Waals surface area contributed by atoms with Crippen LogP contribution in [0.1, 0.15) is 10.4 Å². The normalized spacial score (nSPS) is 19.0. The zero-order valence-corrected chi connectivity index (χ0v) is 10.6. The molecule has 0 aromatic carbocycles. The molecule has 102 valence electrons. The highest BCUT2D eigenvalue weighted by Gasteiger charge is 2.32. The number of piperazine rings is 1. The number of carbonyl (C=O) groups excluding carboxylic acids is 2. The standard InChI is InChI=1S/C12H16N4O3/c1-19-11-8(3-2-4-15-11)12(18)16-6-5-14-7-9(16)10(13)17/h2-4,9,14H,5-7H2,1H3,(H2,13,17). The predicted molar refractivity (Wildman–Crippen MR) is 67.7 cm³/mol. The number of ether oxygens (including phenoxy) is 1. The first-order valence-corrected chi connectivity index (χ1v) is 5.95. The van der Waals surface area contributed by atoms with E-state index in [4.69, 9.17) is 10.5 Å². The summed E-state index contributed by atoms with van der Waals surface area (Å²) in [5.41, 5.74) is 5.66. The number of nitrogens with two attached hydrogens (primary N) is 1. The fraction of sp³-hybridized carbons (Fsp3) is 0.417. The molecule has 1 saturated heterocycles. The lowest BCUT2D eigenvalue weighted by Crippen LogP contribution is -2.58. The summed E-state index contributed by atoms with van der Waals surface area (Å²) in [7, 11) is 1.45. The molecule has 7 heteroatoms. The van der Waals surface area contributed by atoms with Gasteiger partial charge in [0.25, 0.3) is 5.91 Å². The number of nitrogens with zero attached hydrogens (tertiary/aromatic N) is 2. The molecule has 0 aliphatic carbocycles. The second-order valence-corrected chi connectivity index (χ2v) is 4.18. The Morgan fingerprint density at radius 1 is 1.58 bits per heavy atom. The van der Waals surface area contributed by atoms with Crippen LogP contribution in [0.25, 0.3) is 0 Å². The van der Waals surface area contributed by atoms with Crippen LogP contribution in [0, 0.1) is 0 Å². The number of methoxy groups -OCH3 is 1. The summed E-state index contributed by atoms with van der Waals surface area (Å²) in [6.45, 7) is 1.41. The van der Waals surface area contributed by atoms with Gasteiger partial charge in [0.2, 0.25) is 11.8 Å². The maximum Gasteiger partial charge on any atom is 0.260 e. The third-order valence-electron chi connectivity index (χ3n) is 3.03. The lowest BCUT2D eigenvalue weighted by Gasteiger charge is -2.34. The molecule has 0 radical (unpaired) electrons. The van der Waals surface area contributed by atoms with E-state index in [2.05, 4.69) is 10.3 Å². The van der Waals surface area contributed by atoms with Crippen LogP contribution in [-0.2, 0) is 4.79 Å². The summed E-state index contributed by atoms with van der Waals surface area (Å²) in [5, 5.41) is 3.04. The van der Waals surface area contributed by atoms with E-state index in [9.17, 15) is 9.59 Å². The highest BCUT2D eigenvalue weighted by Crippen LogP contribution is 2.18. The van der Waals surface area contributed by atoms with Gasteiger partial charge in [-0.05, 0) is 12.1 Å². The van der Waals surface area contributed by atoms with Gasteiger partial charge in [-0.15, -0.1) is 0 Å². The van der Waals surface area contributed by atoms with Crippen molar-refractivity contribution in [3.05, 3.63) is 23.9 Å². The van der Waals surface area contributed by atoms with E-state index in [-0.39, 0.29) is 11.8 Å². The number of aromatic nitrogens is 1. The number of rotatable bonds is 3. The van der Waals surface area contributed by atoms with Gasteiger partial charge in [-0.25, -0.2) is 4.98 Å². The predicted octanol–water partition coefficient (Wildman–Crippen LogP) is -1.01. The van der Waals surface area contributed by atoms with E-state index in [0.717, 1.165) is 0 Å². The number of hydrogen-bond donors (Lipinski definition) is 2. The van der Waals surface area contributed by atoms with Crippen molar-refractivity contribution in [2.45, 2.75) is 6.04 Å². The molecule has 7 nitrogen and oxygen atoms in total. The third-order valence-corrected chi connectivity index (χ3v) is 3.03. The average molecular weight is 264 g/mol. The fourth-order valence-corrected chi connectivity index (χ4v) is 2.07.